The summed E-state index contributed by atoms with van der Waals surface area (Å²) in [5.41, 5.74) is 1.15. The van der Waals surface area contributed by atoms with Crippen LogP contribution in [0.4, 0.5) is 0 Å². The van der Waals surface area contributed by atoms with Crippen LogP contribution in [-0.2, 0) is 30.9 Å². The number of aromatic nitrogens is 1. The highest BCUT2D eigenvalue weighted by Gasteiger charge is 2.43. The highest BCUT2D eigenvalue weighted by Crippen LogP contribution is 2.31. The maximum atomic E-state index is 14.0. The van der Waals surface area contributed by atoms with Crippen molar-refractivity contribution in [3.63, 3.8) is 0 Å². The Bertz CT molecular complexity index is 1520. The molecule has 214 valence electrons. The first-order valence-electron chi connectivity index (χ1n) is 13.2. The SMILES string of the molecule is COc1ccc(CN(C(=O)CN2C(=O)c3ccccc3S2(=O)=O)[C@H](C(=O)NC[C@@H]2CCCO2)c2ccncc2)cc1. The van der Waals surface area contributed by atoms with Crippen LogP contribution in [0.25, 0.3) is 0 Å². The van der Waals surface area contributed by atoms with Gasteiger partial charge in [0.05, 0.1) is 18.8 Å². The molecule has 3 heterocycles. The van der Waals surface area contributed by atoms with Crippen molar-refractivity contribution in [1.82, 2.24) is 19.5 Å². The summed E-state index contributed by atoms with van der Waals surface area (Å²) < 4.78 is 37.9. The molecule has 0 radical (unpaired) electrons. The van der Waals surface area contributed by atoms with Crippen molar-refractivity contribution >= 4 is 27.7 Å². The summed E-state index contributed by atoms with van der Waals surface area (Å²) in [6, 6.07) is 14.9. The first kappa shape index (κ1) is 28.2. The molecule has 11 nitrogen and oxygen atoms in total. The predicted octanol–water partition coefficient (Wildman–Crippen LogP) is 2.30. The zero-order chi connectivity index (χ0) is 29.0. The van der Waals surface area contributed by atoms with Gasteiger partial charge < -0.3 is 19.7 Å². The second-order valence-electron chi connectivity index (χ2n) is 9.75. The number of carbonyl (C=O) groups is 3. The van der Waals surface area contributed by atoms with E-state index in [1.165, 1.54) is 42.6 Å². The number of nitrogens with one attached hydrogen (secondary N) is 1. The Balaban J connectivity index is 1.49. The second kappa shape index (κ2) is 12.1. The zero-order valence-electron chi connectivity index (χ0n) is 22.4. The third kappa shape index (κ3) is 5.93. The van der Waals surface area contributed by atoms with Gasteiger partial charge in [0.25, 0.3) is 15.9 Å². The molecular formula is C29H30N4O7S. The fraction of sp³-hybridized carbons (Fsp3) is 0.310. The van der Waals surface area contributed by atoms with Gasteiger partial charge in [0.15, 0.2) is 0 Å². The topological polar surface area (TPSA) is 135 Å². The van der Waals surface area contributed by atoms with Crippen molar-refractivity contribution < 1.29 is 32.3 Å². The molecule has 3 aromatic rings. The largest absolute Gasteiger partial charge is 0.497 e. The lowest BCUT2D eigenvalue weighted by atomic mass is 10.0. The Morgan fingerprint density at radius 3 is 2.51 bits per heavy atom. The fourth-order valence-electron chi connectivity index (χ4n) is 4.99. The fourth-order valence-corrected chi connectivity index (χ4v) is 6.51. The maximum absolute atomic E-state index is 14.0. The molecule has 1 N–H and O–H groups in total. The molecule has 41 heavy (non-hydrogen) atoms. The Kier molecular flexibility index (Phi) is 8.31. The molecule has 2 aromatic carbocycles. The van der Waals surface area contributed by atoms with E-state index in [0.29, 0.717) is 27.8 Å². The van der Waals surface area contributed by atoms with Crippen molar-refractivity contribution in [2.75, 3.05) is 26.8 Å². The minimum Gasteiger partial charge on any atom is -0.497 e. The van der Waals surface area contributed by atoms with Gasteiger partial charge in [-0.2, -0.15) is 0 Å². The summed E-state index contributed by atoms with van der Waals surface area (Å²) in [5, 5.41) is 2.90. The van der Waals surface area contributed by atoms with Gasteiger partial charge in [0, 0.05) is 32.1 Å². The first-order chi connectivity index (χ1) is 19.8. The van der Waals surface area contributed by atoms with Gasteiger partial charge in [-0.1, -0.05) is 24.3 Å². The van der Waals surface area contributed by atoms with Gasteiger partial charge in [0.2, 0.25) is 11.8 Å². The Morgan fingerprint density at radius 2 is 1.85 bits per heavy atom. The van der Waals surface area contributed by atoms with E-state index >= 15 is 0 Å². The highest BCUT2D eigenvalue weighted by molar-refractivity contribution is 7.90. The molecule has 0 aliphatic carbocycles. The van der Waals surface area contributed by atoms with Crippen molar-refractivity contribution in [2.24, 2.45) is 0 Å². The standard InChI is InChI=1S/C29H30N4O7S/c1-39-22-10-8-20(9-11-22)18-32(26(34)19-33-29(36)24-6-2-3-7-25(24)41(33,37)38)27(21-12-14-30-15-13-21)28(35)31-17-23-5-4-16-40-23/h2-3,6-15,23,27H,4-5,16-19H2,1H3,(H,31,35)/t23-,27-/m0/s1. The van der Waals surface area contributed by atoms with Gasteiger partial charge >= 0.3 is 0 Å². The number of carbonyl (C=O) groups excluding carboxylic acids is 3. The lowest BCUT2D eigenvalue weighted by molar-refractivity contribution is -0.141. The van der Waals surface area contributed by atoms with Crippen LogP contribution in [0.5, 0.6) is 5.75 Å². The van der Waals surface area contributed by atoms with Gasteiger partial charge in [0.1, 0.15) is 23.2 Å². The van der Waals surface area contributed by atoms with Crippen LogP contribution < -0.4 is 10.1 Å². The third-order valence-corrected chi connectivity index (χ3v) is 8.92. The van der Waals surface area contributed by atoms with Crippen molar-refractivity contribution in [1.29, 1.82) is 0 Å². The number of fused-ring (bicyclic) bond motifs is 1. The summed E-state index contributed by atoms with van der Waals surface area (Å²) >= 11 is 0. The molecule has 0 bridgehead atoms. The highest BCUT2D eigenvalue weighted by atomic mass is 32.2. The average Bonchev–Trinajstić information content (AvgIpc) is 3.58. The summed E-state index contributed by atoms with van der Waals surface area (Å²) in [6.07, 6.45) is 4.60. The summed E-state index contributed by atoms with van der Waals surface area (Å²) in [6.45, 7) is 0.0706. The minimum atomic E-state index is -4.25. The van der Waals surface area contributed by atoms with E-state index in [-0.39, 0.29) is 29.7 Å². The number of rotatable bonds is 10. The number of hydrogen-bond acceptors (Lipinski definition) is 8. The van der Waals surface area contributed by atoms with Crippen molar-refractivity contribution in [2.45, 2.75) is 36.4 Å². The smallest absolute Gasteiger partial charge is 0.269 e. The molecule has 2 atom stereocenters. The summed E-state index contributed by atoms with van der Waals surface area (Å²) in [7, 11) is -2.71. The number of pyridine rings is 1. The molecule has 2 aliphatic heterocycles. The number of benzene rings is 2. The lowest BCUT2D eigenvalue weighted by Crippen LogP contribution is -2.48. The normalized spacial score (nSPS) is 18.0. The molecule has 5 rings (SSSR count). The van der Waals surface area contributed by atoms with Crippen molar-refractivity contribution in [3.05, 3.63) is 89.7 Å². The molecule has 2 aliphatic rings. The molecule has 1 fully saturated rings. The first-order valence-corrected chi connectivity index (χ1v) is 14.6. The lowest BCUT2D eigenvalue weighted by Gasteiger charge is -2.32. The maximum Gasteiger partial charge on any atom is 0.269 e. The van der Waals surface area contributed by atoms with Crippen LogP contribution in [0.15, 0.2) is 78.0 Å². The zero-order valence-corrected chi connectivity index (χ0v) is 23.2. The van der Waals surface area contributed by atoms with E-state index in [2.05, 4.69) is 10.3 Å². The summed E-state index contributed by atoms with van der Waals surface area (Å²) in [4.78, 5) is 46.0. The van der Waals surface area contributed by atoms with Crippen LogP contribution >= 0.6 is 0 Å². The number of sulfonamides is 1. The van der Waals surface area contributed by atoms with E-state index < -0.39 is 40.3 Å². The molecule has 0 unspecified atom stereocenters. The summed E-state index contributed by atoms with van der Waals surface area (Å²) in [5.74, 6) is -1.37. The third-order valence-electron chi connectivity index (χ3n) is 7.13. The Hall–Kier alpha value is -4.29. The van der Waals surface area contributed by atoms with Gasteiger partial charge in [-0.15, -0.1) is 0 Å². The van der Waals surface area contributed by atoms with Gasteiger partial charge in [-0.05, 0) is 60.4 Å². The molecule has 3 amide bonds. The monoisotopic (exact) mass is 578 g/mol. The number of amides is 3. The number of methoxy groups -OCH3 is 1. The second-order valence-corrected chi connectivity index (χ2v) is 11.6. The predicted molar refractivity (Wildman–Crippen MR) is 147 cm³/mol. The van der Waals surface area contributed by atoms with Crippen molar-refractivity contribution in [3.8, 4) is 5.75 Å². The quantitative estimate of drug-likeness (QED) is 0.387. The van der Waals surface area contributed by atoms with Crippen LogP contribution in [0, 0.1) is 0 Å². The molecular weight excluding hydrogens is 548 g/mol. The average molecular weight is 579 g/mol. The van der Waals surface area contributed by atoms with Gasteiger partial charge in [-0.3, -0.25) is 19.4 Å². The van der Waals surface area contributed by atoms with Crippen LogP contribution in [0.1, 0.15) is 40.4 Å². The Morgan fingerprint density at radius 1 is 1.12 bits per heavy atom. The molecule has 12 heteroatoms. The number of hydrogen-bond donors (Lipinski definition) is 1. The van der Waals surface area contributed by atoms with Crippen LogP contribution in [0.3, 0.4) is 0 Å². The molecule has 1 aromatic heterocycles. The van der Waals surface area contributed by atoms with E-state index in [1.54, 1.807) is 42.5 Å². The van der Waals surface area contributed by atoms with Crippen LogP contribution in [-0.4, -0.2) is 73.2 Å². The minimum absolute atomic E-state index is 0.00185. The number of ether oxygens (including phenoxy) is 2. The molecule has 0 spiro atoms. The van der Waals surface area contributed by atoms with E-state index in [0.717, 1.165) is 12.8 Å². The Labute approximate surface area is 238 Å². The van der Waals surface area contributed by atoms with Crippen LogP contribution in [0.2, 0.25) is 0 Å². The number of nitrogens with zero attached hydrogens (tertiary/aromatic N) is 3. The van der Waals surface area contributed by atoms with E-state index in [4.69, 9.17) is 9.47 Å². The molecule has 1 saturated heterocycles. The van der Waals surface area contributed by atoms with E-state index in [9.17, 15) is 22.8 Å². The molecule has 0 saturated carbocycles. The van der Waals surface area contributed by atoms with E-state index in [1.807, 2.05) is 0 Å². The van der Waals surface area contributed by atoms with Gasteiger partial charge in [-0.25, -0.2) is 12.7 Å².